The Bertz CT molecular complexity index is 1450. The van der Waals surface area contributed by atoms with E-state index in [-0.39, 0.29) is 29.5 Å². The Morgan fingerprint density at radius 2 is 1.63 bits per heavy atom. The Hall–Kier alpha value is -3.14. The number of carbonyl (C=O) groups excluding carboxylic acids is 2. The van der Waals surface area contributed by atoms with Gasteiger partial charge in [-0.1, -0.05) is 67.2 Å². The molecule has 7 nitrogen and oxygen atoms in total. The van der Waals surface area contributed by atoms with Gasteiger partial charge in [0.15, 0.2) is 0 Å². The molecule has 1 atom stereocenters. The zero-order chi connectivity index (χ0) is 30.2. The third kappa shape index (κ3) is 8.44. The fourth-order valence-electron chi connectivity index (χ4n) is 4.23. The molecule has 1 unspecified atom stereocenters. The number of benzene rings is 3. The summed E-state index contributed by atoms with van der Waals surface area (Å²) < 4.78 is 42.2. The smallest absolute Gasteiger partial charge is 0.264 e. The van der Waals surface area contributed by atoms with E-state index in [1.165, 1.54) is 4.90 Å². The number of rotatable bonds is 13. The Kier molecular flexibility index (Phi) is 11.6. The molecule has 220 valence electrons. The molecule has 0 aliphatic heterocycles. The number of nitrogens with zero attached hydrogens (tertiary/aromatic N) is 2. The number of amides is 2. The second kappa shape index (κ2) is 14.7. The van der Waals surface area contributed by atoms with Gasteiger partial charge >= 0.3 is 0 Å². The molecule has 0 aliphatic rings. The minimum atomic E-state index is -4.29. The standard InChI is InChI=1S/C30H34Cl2FN3O4S/c1-4-6-17-34-30(38)28(5-2)35(19-22-9-10-23(31)18-27(22)32)29(37)20-36(25-13-7-21(3)8-14-25)41(39,40)26-15-11-24(33)12-16-26/h7-16,18,28H,4-6,17,19-20H2,1-3H3,(H,34,38). The molecule has 3 rings (SSSR count). The van der Waals surface area contributed by atoms with Gasteiger partial charge in [-0.05, 0) is 73.9 Å². The number of aryl methyl sites for hydroxylation is 1. The predicted octanol–water partition coefficient (Wildman–Crippen LogP) is 6.36. The lowest BCUT2D eigenvalue weighted by atomic mass is 10.1. The Morgan fingerprint density at radius 1 is 0.976 bits per heavy atom. The minimum absolute atomic E-state index is 0.0487. The lowest BCUT2D eigenvalue weighted by Gasteiger charge is -2.33. The Labute approximate surface area is 251 Å². The largest absolute Gasteiger partial charge is 0.354 e. The molecule has 0 spiro atoms. The zero-order valence-electron chi connectivity index (χ0n) is 23.2. The normalized spacial score (nSPS) is 12.0. The van der Waals surface area contributed by atoms with Crippen molar-refractivity contribution in [1.29, 1.82) is 0 Å². The predicted molar refractivity (Wildman–Crippen MR) is 161 cm³/mol. The summed E-state index contributed by atoms with van der Waals surface area (Å²) in [6.45, 7) is 5.43. The highest BCUT2D eigenvalue weighted by atomic mass is 35.5. The highest BCUT2D eigenvalue weighted by Gasteiger charge is 2.34. The Balaban J connectivity index is 2.05. The van der Waals surface area contributed by atoms with Crippen LogP contribution in [0.25, 0.3) is 0 Å². The first-order valence-electron chi connectivity index (χ1n) is 13.3. The summed E-state index contributed by atoms with van der Waals surface area (Å²) in [5.74, 6) is -1.55. The van der Waals surface area contributed by atoms with E-state index in [2.05, 4.69) is 5.32 Å². The van der Waals surface area contributed by atoms with E-state index in [0.29, 0.717) is 22.2 Å². The highest BCUT2D eigenvalue weighted by molar-refractivity contribution is 7.92. The van der Waals surface area contributed by atoms with Crippen molar-refractivity contribution in [3.63, 3.8) is 0 Å². The monoisotopic (exact) mass is 621 g/mol. The van der Waals surface area contributed by atoms with Crippen molar-refractivity contribution in [3.05, 3.63) is 93.7 Å². The molecule has 0 saturated carbocycles. The average Bonchev–Trinajstić information content (AvgIpc) is 2.93. The summed E-state index contributed by atoms with van der Waals surface area (Å²) in [5.41, 5.74) is 1.69. The number of carbonyl (C=O) groups is 2. The second-order valence-corrected chi connectivity index (χ2v) is 12.3. The number of nitrogens with one attached hydrogen (secondary N) is 1. The number of hydrogen-bond acceptors (Lipinski definition) is 4. The molecule has 2 amide bonds. The van der Waals surface area contributed by atoms with Gasteiger partial charge < -0.3 is 10.2 Å². The Morgan fingerprint density at radius 3 is 2.22 bits per heavy atom. The van der Waals surface area contributed by atoms with Crippen molar-refractivity contribution >= 4 is 50.7 Å². The molecule has 0 fully saturated rings. The molecule has 0 bridgehead atoms. The van der Waals surface area contributed by atoms with Crippen LogP contribution in [0.1, 0.15) is 44.2 Å². The van der Waals surface area contributed by atoms with Gasteiger partial charge in [-0.2, -0.15) is 0 Å². The van der Waals surface area contributed by atoms with Crippen molar-refractivity contribution in [2.45, 2.75) is 57.5 Å². The summed E-state index contributed by atoms with van der Waals surface area (Å²) in [5, 5.41) is 3.60. The molecule has 0 heterocycles. The quantitative estimate of drug-likeness (QED) is 0.225. The second-order valence-electron chi connectivity index (χ2n) is 9.63. The minimum Gasteiger partial charge on any atom is -0.354 e. The van der Waals surface area contributed by atoms with Crippen molar-refractivity contribution in [3.8, 4) is 0 Å². The van der Waals surface area contributed by atoms with Gasteiger partial charge in [-0.15, -0.1) is 0 Å². The van der Waals surface area contributed by atoms with Gasteiger partial charge in [0.25, 0.3) is 10.0 Å². The van der Waals surface area contributed by atoms with E-state index in [4.69, 9.17) is 23.2 Å². The van der Waals surface area contributed by atoms with Gasteiger partial charge in [-0.25, -0.2) is 12.8 Å². The van der Waals surface area contributed by atoms with Crippen LogP contribution in [0, 0.1) is 12.7 Å². The maximum Gasteiger partial charge on any atom is 0.264 e. The summed E-state index contributed by atoms with van der Waals surface area (Å²) in [7, 11) is -4.29. The maximum absolute atomic E-state index is 14.1. The summed E-state index contributed by atoms with van der Waals surface area (Å²) in [6, 6.07) is 15.0. The lowest BCUT2D eigenvalue weighted by molar-refractivity contribution is -0.140. The molecule has 0 saturated heterocycles. The molecular weight excluding hydrogens is 588 g/mol. The molecule has 11 heteroatoms. The van der Waals surface area contributed by atoms with E-state index < -0.39 is 34.3 Å². The van der Waals surface area contributed by atoms with Crippen LogP contribution in [0.15, 0.2) is 71.6 Å². The molecule has 3 aromatic rings. The number of anilines is 1. The number of halogens is 3. The molecule has 0 aromatic heterocycles. The fourth-order valence-corrected chi connectivity index (χ4v) is 6.12. The zero-order valence-corrected chi connectivity index (χ0v) is 25.6. The van der Waals surface area contributed by atoms with Gasteiger partial charge in [-0.3, -0.25) is 13.9 Å². The van der Waals surface area contributed by atoms with E-state index in [1.54, 1.807) is 49.4 Å². The van der Waals surface area contributed by atoms with E-state index >= 15 is 0 Å². The van der Waals surface area contributed by atoms with Crippen LogP contribution in [0.4, 0.5) is 10.1 Å². The first kappa shape index (κ1) is 32.4. The summed E-state index contributed by atoms with van der Waals surface area (Å²) >= 11 is 12.5. The molecule has 41 heavy (non-hydrogen) atoms. The van der Waals surface area contributed by atoms with Crippen LogP contribution in [0.3, 0.4) is 0 Å². The molecule has 0 aliphatic carbocycles. The van der Waals surface area contributed by atoms with Gasteiger partial charge in [0, 0.05) is 23.1 Å². The van der Waals surface area contributed by atoms with E-state index in [1.807, 2.05) is 13.8 Å². The molecular formula is C30H34Cl2FN3O4S. The molecule has 3 aromatic carbocycles. The van der Waals surface area contributed by atoms with E-state index in [9.17, 15) is 22.4 Å². The molecule has 1 N–H and O–H groups in total. The maximum atomic E-state index is 14.1. The number of hydrogen-bond donors (Lipinski definition) is 1. The first-order chi connectivity index (χ1) is 19.5. The summed E-state index contributed by atoms with van der Waals surface area (Å²) in [6.07, 6.45) is 1.94. The lowest BCUT2D eigenvalue weighted by Crippen LogP contribution is -2.52. The van der Waals surface area contributed by atoms with Gasteiger partial charge in [0.2, 0.25) is 11.8 Å². The summed E-state index contributed by atoms with van der Waals surface area (Å²) in [4.78, 5) is 28.5. The van der Waals surface area contributed by atoms with Crippen LogP contribution < -0.4 is 9.62 Å². The van der Waals surface area contributed by atoms with Gasteiger partial charge in [0.1, 0.15) is 18.4 Å². The highest BCUT2D eigenvalue weighted by Crippen LogP contribution is 2.27. The van der Waals surface area contributed by atoms with Crippen molar-refractivity contribution in [2.75, 3.05) is 17.4 Å². The molecule has 0 radical (unpaired) electrons. The van der Waals surface area contributed by atoms with Crippen molar-refractivity contribution in [1.82, 2.24) is 10.2 Å². The average molecular weight is 623 g/mol. The first-order valence-corrected chi connectivity index (χ1v) is 15.5. The van der Waals surface area contributed by atoms with Crippen LogP contribution >= 0.6 is 23.2 Å². The van der Waals surface area contributed by atoms with Crippen LogP contribution in [0.5, 0.6) is 0 Å². The van der Waals surface area contributed by atoms with Crippen LogP contribution in [-0.2, 0) is 26.2 Å². The van der Waals surface area contributed by atoms with Crippen LogP contribution in [0.2, 0.25) is 10.0 Å². The fraction of sp³-hybridized carbons (Fsp3) is 0.333. The SMILES string of the molecule is CCCCNC(=O)C(CC)N(Cc1ccc(Cl)cc1Cl)C(=O)CN(c1ccc(C)cc1)S(=O)(=O)c1ccc(F)cc1. The van der Waals surface area contributed by atoms with Gasteiger partial charge in [0.05, 0.1) is 10.6 Å². The third-order valence-corrected chi connectivity index (χ3v) is 8.95. The van der Waals surface area contributed by atoms with Crippen molar-refractivity contribution < 1.29 is 22.4 Å². The number of unbranched alkanes of at least 4 members (excludes halogenated alkanes) is 1. The third-order valence-electron chi connectivity index (χ3n) is 6.57. The van der Waals surface area contributed by atoms with E-state index in [0.717, 1.165) is 47.0 Å². The van der Waals surface area contributed by atoms with Crippen LogP contribution in [-0.4, -0.2) is 44.3 Å². The number of sulfonamides is 1. The van der Waals surface area contributed by atoms with Crippen molar-refractivity contribution in [2.24, 2.45) is 0 Å². The topological polar surface area (TPSA) is 86.8 Å².